The lowest BCUT2D eigenvalue weighted by Crippen LogP contribution is -2.32. The number of hydrogen-bond acceptors (Lipinski definition) is 6. The number of nitrogen functional groups attached to an aromatic ring is 1. The van der Waals surface area contributed by atoms with Crippen molar-refractivity contribution in [3.05, 3.63) is 66.2 Å². The Morgan fingerprint density at radius 2 is 2.04 bits per heavy atom. The van der Waals surface area contributed by atoms with Crippen LogP contribution in [0.5, 0.6) is 0 Å². The van der Waals surface area contributed by atoms with Gasteiger partial charge in [0.15, 0.2) is 0 Å². The van der Waals surface area contributed by atoms with Crippen LogP contribution in [0.4, 0.5) is 5.95 Å². The van der Waals surface area contributed by atoms with Crippen LogP contribution >= 0.6 is 0 Å². The van der Waals surface area contributed by atoms with Crippen molar-refractivity contribution >= 4 is 11.9 Å². The summed E-state index contributed by atoms with van der Waals surface area (Å²) in [5, 5.41) is 12.4. The molecule has 0 aliphatic carbocycles. The molecule has 1 amide bonds. The Balaban J connectivity index is 1.73. The average molecular weight is 352 g/mol. The van der Waals surface area contributed by atoms with Crippen LogP contribution in [0.15, 0.2) is 59.3 Å². The smallest absolute Gasteiger partial charge is 0.255 e. The summed E-state index contributed by atoms with van der Waals surface area (Å²) in [6, 6.07) is 12.9. The second-order valence-corrected chi connectivity index (χ2v) is 5.90. The highest BCUT2D eigenvalue weighted by atomic mass is 16.3. The molecule has 7 heteroatoms. The summed E-state index contributed by atoms with van der Waals surface area (Å²) >= 11 is 0. The fourth-order valence-electron chi connectivity index (χ4n) is 2.62. The molecule has 0 aliphatic rings. The van der Waals surface area contributed by atoms with Crippen molar-refractivity contribution < 1.29 is 14.3 Å². The van der Waals surface area contributed by atoms with Crippen LogP contribution in [0.1, 0.15) is 16.1 Å². The molecule has 26 heavy (non-hydrogen) atoms. The molecule has 0 spiro atoms. The Kier molecular flexibility index (Phi) is 5.60. The third-order valence-electron chi connectivity index (χ3n) is 3.98. The molecule has 0 bridgehead atoms. The molecule has 2 aromatic heterocycles. The molecule has 0 radical (unpaired) electrons. The van der Waals surface area contributed by atoms with E-state index in [9.17, 15) is 9.90 Å². The number of nitrogens with zero attached hydrogens (tertiary/aromatic N) is 2. The van der Waals surface area contributed by atoms with Gasteiger partial charge in [0.25, 0.3) is 5.91 Å². The number of nitrogens with two attached hydrogens (primary N) is 1. The van der Waals surface area contributed by atoms with Crippen LogP contribution in [0.25, 0.3) is 11.3 Å². The van der Waals surface area contributed by atoms with E-state index in [1.165, 1.54) is 6.20 Å². The number of aliphatic hydroxyl groups is 1. The Labute approximate surface area is 150 Å². The van der Waals surface area contributed by atoms with E-state index in [4.69, 9.17) is 10.2 Å². The van der Waals surface area contributed by atoms with E-state index in [2.05, 4.69) is 15.3 Å². The number of nitrogens with one attached hydrogen (secondary N) is 1. The molecule has 0 aliphatic heterocycles. The minimum atomic E-state index is -0.318. The molecule has 0 fully saturated rings. The Hall–Kier alpha value is -3.19. The fourth-order valence-corrected chi connectivity index (χ4v) is 2.62. The second-order valence-electron chi connectivity index (χ2n) is 5.90. The summed E-state index contributed by atoms with van der Waals surface area (Å²) in [4.78, 5) is 20.8. The zero-order valence-electron chi connectivity index (χ0n) is 14.1. The molecule has 7 nitrogen and oxygen atoms in total. The molecule has 0 unspecified atom stereocenters. The number of carbonyl (C=O) groups is 1. The number of hydrogen-bond donors (Lipinski definition) is 3. The average Bonchev–Trinajstić information content (AvgIpc) is 3.18. The minimum Gasteiger partial charge on any atom is -0.469 e. The van der Waals surface area contributed by atoms with Crippen molar-refractivity contribution in [1.82, 2.24) is 15.3 Å². The zero-order valence-corrected chi connectivity index (χ0v) is 14.1. The van der Waals surface area contributed by atoms with Crippen LogP contribution < -0.4 is 11.1 Å². The number of furan rings is 1. The highest BCUT2D eigenvalue weighted by Crippen LogP contribution is 2.21. The van der Waals surface area contributed by atoms with Crippen molar-refractivity contribution in [2.24, 2.45) is 5.92 Å². The summed E-state index contributed by atoms with van der Waals surface area (Å²) in [5.74, 6) is 0.396. The second kappa shape index (κ2) is 8.26. The molecule has 134 valence electrons. The van der Waals surface area contributed by atoms with E-state index in [-0.39, 0.29) is 24.4 Å². The predicted octanol–water partition coefficient (Wildman–Crippen LogP) is 1.90. The standard InChI is InChI=1S/C19H20N4O3/c20-19-22-11-16(17(23-19)14-5-2-1-3-6-14)18(25)21-10-13(12-24)9-15-7-4-8-26-15/h1-8,11,13,24H,9-10,12H2,(H,21,25)(H2,20,22,23)/t13-/m0/s1. The maximum Gasteiger partial charge on any atom is 0.255 e. The van der Waals surface area contributed by atoms with Crippen LogP contribution in [-0.2, 0) is 6.42 Å². The Morgan fingerprint density at radius 3 is 2.73 bits per heavy atom. The number of rotatable bonds is 7. The molecule has 1 atom stereocenters. The maximum absolute atomic E-state index is 12.6. The Morgan fingerprint density at radius 1 is 1.23 bits per heavy atom. The zero-order chi connectivity index (χ0) is 18.4. The molecule has 4 N–H and O–H groups in total. The van der Waals surface area contributed by atoms with Crippen LogP contribution in [0, 0.1) is 5.92 Å². The Bertz CT molecular complexity index is 850. The first kappa shape index (κ1) is 17.6. The van der Waals surface area contributed by atoms with E-state index < -0.39 is 0 Å². The minimum absolute atomic E-state index is 0.0647. The van der Waals surface area contributed by atoms with E-state index in [0.29, 0.717) is 24.2 Å². The van der Waals surface area contributed by atoms with Crippen molar-refractivity contribution in [3.63, 3.8) is 0 Å². The fraction of sp³-hybridized carbons (Fsp3) is 0.211. The van der Waals surface area contributed by atoms with Gasteiger partial charge in [-0.25, -0.2) is 9.97 Å². The van der Waals surface area contributed by atoms with Gasteiger partial charge in [0, 0.05) is 37.3 Å². The number of amides is 1. The summed E-state index contributed by atoms with van der Waals surface area (Å²) in [7, 11) is 0. The van der Waals surface area contributed by atoms with E-state index in [1.807, 2.05) is 36.4 Å². The summed E-state index contributed by atoms with van der Waals surface area (Å²) in [5.41, 5.74) is 7.27. The number of benzene rings is 1. The predicted molar refractivity (Wildman–Crippen MR) is 97.2 cm³/mol. The molecule has 3 rings (SSSR count). The highest BCUT2D eigenvalue weighted by molar-refractivity contribution is 5.99. The molecular weight excluding hydrogens is 332 g/mol. The first-order valence-electron chi connectivity index (χ1n) is 8.26. The van der Waals surface area contributed by atoms with E-state index >= 15 is 0 Å². The van der Waals surface area contributed by atoms with Crippen molar-refractivity contribution in [3.8, 4) is 11.3 Å². The number of aromatic nitrogens is 2. The monoisotopic (exact) mass is 352 g/mol. The lowest BCUT2D eigenvalue weighted by molar-refractivity contribution is 0.0939. The van der Waals surface area contributed by atoms with Gasteiger partial charge in [0.1, 0.15) is 5.76 Å². The van der Waals surface area contributed by atoms with E-state index in [1.54, 1.807) is 12.3 Å². The molecule has 3 aromatic rings. The molecular formula is C19H20N4O3. The van der Waals surface area contributed by atoms with Crippen molar-refractivity contribution in [1.29, 1.82) is 0 Å². The summed E-state index contributed by atoms with van der Waals surface area (Å²) in [6.45, 7) is 0.236. The van der Waals surface area contributed by atoms with Gasteiger partial charge < -0.3 is 20.6 Å². The van der Waals surface area contributed by atoms with Gasteiger partial charge in [0.2, 0.25) is 5.95 Å². The van der Waals surface area contributed by atoms with Crippen LogP contribution in [-0.4, -0.2) is 34.1 Å². The van der Waals surface area contributed by atoms with Gasteiger partial charge in [-0.3, -0.25) is 4.79 Å². The largest absolute Gasteiger partial charge is 0.469 e. The van der Waals surface area contributed by atoms with Crippen LogP contribution in [0.3, 0.4) is 0 Å². The van der Waals surface area contributed by atoms with Gasteiger partial charge in [-0.1, -0.05) is 30.3 Å². The van der Waals surface area contributed by atoms with Gasteiger partial charge in [-0.05, 0) is 12.1 Å². The molecule has 0 saturated carbocycles. The lowest BCUT2D eigenvalue weighted by atomic mass is 10.0. The summed E-state index contributed by atoms with van der Waals surface area (Å²) in [6.07, 6.45) is 3.54. The van der Waals surface area contributed by atoms with Gasteiger partial charge in [-0.15, -0.1) is 0 Å². The normalized spacial score (nSPS) is 11.9. The topological polar surface area (TPSA) is 114 Å². The maximum atomic E-state index is 12.6. The highest BCUT2D eigenvalue weighted by Gasteiger charge is 2.18. The molecule has 2 heterocycles. The SMILES string of the molecule is Nc1ncc(C(=O)NC[C@@H](CO)Cc2ccco2)c(-c2ccccc2)n1. The van der Waals surface area contributed by atoms with Crippen molar-refractivity contribution in [2.45, 2.75) is 6.42 Å². The van der Waals surface area contributed by atoms with Gasteiger partial charge in [0.05, 0.1) is 17.5 Å². The van der Waals surface area contributed by atoms with Gasteiger partial charge in [-0.2, -0.15) is 0 Å². The number of carbonyl (C=O) groups excluding carboxylic acids is 1. The molecule has 0 saturated heterocycles. The van der Waals surface area contributed by atoms with Gasteiger partial charge >= 0.3 is 0 Å². The third kappa shape index (κ3) is 4.25. The van der Waals surface area contributed by atoms with Crippen molar-refractivity contribution in [2.75, 3.05) is 18.9 Å². The number of aliphatic hydroxyl groups excluding tert-OH is 1. The summed E-state index contributed by atoms with van der Waals surface area (Å²) < 4.78 is 5.29. The molecule has 1 aromatic carbocycles. The lowest BCUT2D eigenvalue weighted by Gasteiger charge is -2.15. The first-order chi connectivity index (χ1) is 12.7. The first-order valence-corrected chi connectivity index (χ1v) is 8.26. The van der Waals surface area contributed by atoms with Crippen LogP contribution in [0.2, 0.25) is 0 Å². The quantitative estimate of drug-likeness (QED) is 0.598. The van der Waals surface area contributed by atoms with E-state index in [0.717, 1.165) is 11.3 Å². The third-order valence-corrected chi connectivity index (χ3v) is 3.98. The number of anilines is 1.